The summed E-state index contributed by atoms with van der Waals surface area (Å²) < 4.78 is 0. The fourth-order valence-electron chi connectivity index (χ4n) is 1.65. The van der Waals surface area contributed by atoms with Gasteiger partial charge in [0.15, 0.2) is 0 Å². The molecule has 0 amide bonds. The number of aryl methyl sites for hydroxylation is 1. The fourth-order valence-corrected chi connectivity index (χ4v) is 1.65. The fraction of sp³-hybridized carbons (Fsp3) is 0.444. The number of pyridine rings is 1. The lowest BCUT2D eigenvalue weighted by atomic mass is 10.0. The molecule has 0 fully saturated rings. The van der Waals surface area contributed by atoms with E-state index in [-0.39, 0.29) is 5.69 Å². The summed E-state index contributed by atoms with van der Waals surface area (Å²) in [7, 11) is 0. The molecule has 1 heterocycles. The first kappa shape index (κ1) is 10.4. The molecular weight excluding hydrogens is 184 g/mol. The molecule has 0 aliphatic heterocycles. The molecule has 1 aromatic heterocycles. The molecule has 0 spiro atoms. The number of rotatable bonds is 2. The van der Waals surface area contributed by atoms with Crippen molar-refractivity contribution >= 4 is 5.69 Å². The number of hydrogen-bond donors (Lipinski definition) is 1. The highest BCUT2D eigenvalue weighted by Crippen LogP contribution is 2.18. The number of aromatic amines is 1. The minimum absolute atomic E-state index is 0.340. The smallest absolute Gasteiger partial charge is 0.320 e. The van der Waals surface area contributed by atoms with Gasteiger partial charge in [-0.15, -0.1) is 0 Å². The highest BCUT2D eigenvalue weighted by Gasteiger charge is 2.20. The molecule has 0 unspecified atom stereocenters. The Bertz CT molecular complexity index is 434. The van der Waals surface area contributed by atoms with E-state index in [9.17, 15) is 14.9 Å². The molecule has 0 bridgehead atoms. The third kappa shape index (κ3) is 1.53. The monoisotopic (exact) mass is 196 g/mol. The van der Waals surface area contributed by atoms with Gasteiger partial charge in [0.1, 0.15) is 0 Å². The second-order valence-corrected chi connectivity index (χ2v) is 3.14. The Morgan fingerprint density at radius 3 is 2.43 bits per heavy atom. The summed E-state index contributed by atoms with van der Waals surface area (Å²) in [6.45, 7) is 5.26. The van der Waals surface area contributed by atoms with Gasteiger partial charge in [-0.05, 0) is 25.8 Å². The first-order chi connectivity index (χ1) is 6.49. The molecule has 1 N–H and O–H groups in total. The van der Waals surface area contributed by atoms with Crippen molar-refractivity contribution in [2.24, 2.45) is 0 Å². The number of hydrogen-bond acceptors (Lipinski definition) is 3. The zero-order chi connectivity index (χ0) is 10.9. The van der Waals surface area contributed by atoms with Crippen molar-refractivity contribution in [2.75, 3.05) is 0 Å². The van der Waals surface area contributed by atoms with Crippen molar-refractivity contribution in [1.29, 1.82) is 0 Å². The lowest BCUT2D eigenvalue weighted by Crippen LogP contribution is -2.16. The average molecular weight is 196 g/mol. The summed E-state index contributed by atoms with van der Waals surface area (Å²) in [4.78, 5) is 23.7. The number of nitrogens with one attached hydrogen (secondary N) is 1. The highest BCUT2D eigenvalue weighted by atomic mass is 16.6. The maximum absolute atomic E-state index is 11.3. The number of nitro groups is 1. The molecule has 0 aliphatic carbocycles. The topological polar surface area (TPSA) is 76.0 Å². The summed E-state index contributed by atoms with van der Waals surface area (Å²) in [5, 5.41) is 10.6. The van der Waals surface area contributed by atoms with Gasteiger partial charge >= 0.3 is 11.2 Å². The molecule has 5 heteroatoms. The van der Waals surface area contributed by atoms with Crippen LogP contribution in [0.5, 0.6) is 0 Å². The van der Waals surface area contributed by atoms with E-state index in [1.54, 1.807) is 13.8 Å². The molecule has 0 aromatic carbocycles. The molecule has 14 heavy (non-hydrogen) atoms. The molecule has 1 aromatic rings. The largest absolute Gasteiger partial charge is 0.337 e. The second kappa shape index (κ2) is 3.61. The van der Waals surface area contributed by atoms with E-state index in [4.69, 9.17) is 0 Å². The predicted molar refractivity (Wildman–Crippen MR) is 52.6 cm³/mol. The average Bonchev–Trinajstić information content (AvgIpc) is 2.02. The van der Waals surface area contributed by atoms with Gasteiger partial charge < -0.3 is 4.98 Å². The quantitative estimate of drug-likeness (QED) is 0.574. The van der Waals surface area contributed by atoms with Crippen molar-refractivity contribution in [2.45, 2.75) is 27.2 Å². The summed E-state index contributed by atoms with van der Waals surface area (Å²) in [6.07, 6.45) is 0.676. The molecule has 0 saturated carbocycles. The Labute approximate surface area is 80.9 Å². The van der Waals surface area contributed by atoms with Crippen molar-refractivity contribution in [3.05, 3.63) is 37.3 Å². The molecule has 5 nitrogen and oxygen atoms in total. The minimum Gasteiger partial charge on any atom is -0.320 e. The van der Waals surface area contributed by atoms with Crippen LogP contribution in [0.3, 0.4) is 0 Å². The van der Waals surface area contributed by atoms with Crippen molar-refractivity contribution in [3.8, 4) is 0 Å². The standard InChI is InChI=1S/C9H12N2O3/c1-4-7-5(2)8(11(13)14)9(12)10-6(7)3/h4H2,1-3H3,(H,10,12). The van der Waals surface area contributed by atoms with E-state index >= 15 is 0 Å². The van der Waals surface area contributed by atoms with Crippen LogP contribution < -0.4 is 5.56 Å². The Hall–Kier alpha value is -1.65. The number of nitrogens with zero attached hydrogens (tertiary/aromatic N) is 1. The van der Waals surface area contributed by atoms with Crippen LogP contribution in [-0.2, 0) is 6.42 Å². The molecule has 0 atom stereocenters. The summed E-state index contributed by atoms with van der Waals surface area (Å²) >= 11 is 0. The Morgan fingerprint density at radius 1 is 1.43 bits per heavy atom. The molecular formula is C9H12N2O3. The number of H-pyrrole nitrogens is 1. The van der Waals surface area contributed by atoms with Crippen molar-refractivity contribution in [3.63, 3.8) is 0 Å². The Kier molecular flexibility index (Phi) is 2.69. The van der Waals surface area contributed by atoms with Gasteiger partial charge in [-0.2, -0.15) is 0 Å². The molecule has 1 rings (SSSR count). The SMILES string of the molecule is CCc1c(C)[nH]c(=O)c([N+](=O)[O-])c1C. The molecule has 0 aliphatic rings. The Balaban J connectivity index is 3.60. The van der Waals surface area contributed by atoms with Crippen molar-refractivity contribution in [1.82, 2.24) is 4.98 Å². The van der Waals surface area contributed by atoms with Gasteiger partial charge in [0, 0.05) is 11.3 Å². The predicted octanol–water partition coefficient (Wildman–Crippen LogP) is 1.46. The molecule has 0 saturated heterocycles. The van der Waals surface area contributed by atoms with Gasteiger partial charge in [-0.25, -0.2) is 0 Å². The molecule has 0 radical (unpaired) electrons. The van der Waals surface area contributed by atoms with E-state index in [1.165, 1.54) is 0 Å². The van der Waals surface area contributed by atoms with Gasteiger partial charge in [0.25, 0.3) is 0 Å². The maximum Gasteiger partial charge on any atom is 0.337 e. The summed E-state index contributed by atoms with van der Waals surface area (Å²) in [5.74, 6) is 0. The van der Waals surface area contributed by atoms with E-state index in [0.717, 1.165) is 5.56 Å². The van der Waals surface area contributed by atoms with E-state index in [1.807, 2.05) is 6.92 Å². The lowest BCUT2D eigenvalue weighted by molar-refractivity contribution is -0.387. The van der Waals surface area contributed by atoms with E-state index in [0.29, 0.717) is 17.7 Å². The van der Waals surface area contributed by atoms with Crippen molar-refractivity contribution < 1.29 is 4.92 Å². The van der Waals surface area contributed by atoms with E-state index in [2.05, 4.69) is 4.98 Å². The maximum atomic E-state index is 11.3. The third-order valence-electron chi connectivity index (χ3n) is 2.31. The van der Waals surface area contributed by atoms with Crippen LogP contribution >= 0.6 is 0 Å². The minimum atomic E-state index is -0.632. The zero-order valence-electron chi connectivity index (χ0n) is 8.38. The zero-order valence-corrected chi connectivity index (χ0v) is 8.38. The van der Waals surface area contributed by atoms with Gasteiger partial charge in [-0.3, -0.25) is 14.9 Å². The molecule has 76 valence electrons. The van der Waals surface area contributed by atoms with E-state index < -0.39 is 10.5 Å². The van der Waals surface area contributed by atoms with Crippen LogP contribution in [0, 0.1) is 24.0 Å². The highest BCUT2D eigenvalue weighted by molar-refractivity contribution is 5.44. The van der Waals surface area contributed by atoms with Crippen LogP contribution in [0.25, 0.3) is 0 Å². The van der Waals surface area contributed by atoms with Crippen LogP contribution in [0.1, 0.15) is 23.7 Å². The van der Waals surface area contributed by atoms with Gasteiger partial charge in [0.05, 0.1) is 4.92 Å². The normalized spacial score (nSPS) is 10.2. The van der Waals surface area contributed by atoms with Crippen LogP contribution in [-0.4, -0.2) is 9.91 Å². The first-order valence-corrected chi connectivity index (χ1v) is 4.35. The second-order valence-electron chi connectivity index (χ2n) is 3.14. The third-order valence-corrected chi connectivity index (χ3v) is 2.31. The number of aromatic nitrogens is 1. The first-order valence-electron chi connectivity index (χ1n) is 4.35. The van der Waals surface area contributed by atoms with Gasteiger partial charge in [-0.1, -0.05) is 6.92 Å². The summed E-state index contributed by atoms with van der Waals surface area (Å²) in [6, 6.07) is 0. The lowest BCUT2D eigenvalue weighted by Gasteiger charge is -2.06. The van der Waals surface area contributed by atoms with Crippen LogP contribution in [0.15, 0.2) is 4.79 Å². The van der Waals surface area contributed by atoms with Gasteiger partial charge in [0.2, 0.25) is 0 Å². The van der Waals surface area contributed by atoms with Crippen LogP contribution in [0.2, 0.25) is 0 Å². The van der Waals surface area contributed by atoms with Crippen LogP contribution in [0.4, 0.5) is 5.69 Å². The summed E-state index contributed by atoms with van der Waals surface area (Å²) in [5.41, 5.74) is 1.06. The Morgan fingerprint density at radius 2 is 2.00 bits per heavy atom.